The van der Waals surface area contributed by atoms with Gasteiger partial charge in [0.05, 0.1) is 17.5 Å². The number of hydrogen-bond donors (Lipinski definition) is 2. The first-order chi connectivity index (χ1) is 14.2. The Balaban J connectivity index is 1.61. The lowest BCUT2D eigenvalue weighted by molar-refractivity contribution is 0.606. The molecule has 0 saturated heterocycles. The summed E-state index contributed by atoms with van der Waals surface area (Å²) in [5.41, 5.74) is 6.17. The number of aromatic amines is 1. The fraction of sp³-hybridized carbons (Fsp3) is 0.130. The number of aryl methyl sites for hydroxylation is 1. The molecular weight excluding hydrogens is 406 g/mol. The molecule has 0 radical (unpaired) electrons. The van der Waals surface area contributed by atoms with E-state index < -0.39 is 10.0 Å². The van der Waals surface area contributed by atoms with Gasteiger partial charge in [0.1, 0.15) is 5.82 Å². The van der Waals surface area contributed by atoms with Crippen molar-refractivity contribution in [1.82, 2.24) is 4.98 Å². The summed E-state index contributed by atoms with van der Waals surface area (Å²) in [6.45, 7) is 1.66. The third-order valence-electron chi connectivity index (χ3n) is 5.53. The molecule has 1 heterocycles. The van der Waals surface area contributed by atoms with Crippen LogP contribution in [-0.4, -0.2) is 19.7 Å². The quantitative estimate of drug-likeness (QED) is 0.409. The zero-order valence-corrected chi connectivity index (χ0v) is 17.1. The highest BCUT2D eigenvalue weighted by atomic mass is 32.2. The lowest BCUT2D eigenvalue weighted by Gasteiger charge is -2.08. The van der Waals surface area contributed by atoms with Gasteiger partial charge in [-0.05, 0) is 53.4 Å². The van der Waals surface area contributed by atoms with Gasteiger partial charge in [-0.3, -0.25) is 4.72 Å². The second kappa shape index (κ2) is 6.40. The minimum Gasteiger partial charge on any atom is -0.352 e. The van der Waals surface area contributed by atoms with E-state index in [4.69, 9.17) is 0 Å². The Morgan fingerprint density at radius 1 is 1.00 bits per heavy atom. The summed E-state index contributed by atoms with van der Waals surface area (Å²) in [5, 5.41) is 0.791. The first-order valence-corrected chi connectivity index (χ1v) is 11.3. The molecular formula is C23H18F2N2O2S. The minimum absolute atomic E-state index is 0.319. The van der Waals surface area contributed by atoms with E-state index >= 15 is 4.39 Å². The Hall–Kier alpha value is -3.19. The van der Waals surface area contributed by atoms with Crippen LogP contribution in [0.3, 0.4) is 0 Å². The van der Waals surface area contributed by atoms with Crippen molar-refractivity contribution in [2.45, 2.75) is 13.3 Å². The number of anilines is 1. The van der Waals surface area contributed by atoms with E-state index in [2.05, 4.69) is 9.71 Å². The summed E-state index contributed by atoms with van der Waals surface area (Å²) >= 11 is 0. The number of fused-ring (bicyclic) bond motifs is 5. The van der Waals surface area contributed by atoms with Gasteiger partial charge >= 0.3 is 0 Å². The fourth-order valence-corrected chi connectivity index (χ4v) is 4.74. The largest absolute Gasteiger partial charge is 0.352 e. The van der Waals surface area contributed by atoms with Crippen LogP contribution < -0.4 is 4.72 Å². The molecule has 0 unspecified atom stereocenters. The molecule has 0 saturated carbocycles. The zero-order chi connectivity index (χ0) is 21.2. The van der Waals surface area contributed by atoms with Crippen LogP contribution in [0.25, 0.3) is 33.3 Å². The molecule has 0 bridgehead atoms. The van der Waals surface area contributed by atoms with Gasteiger partial charge in [-0.15, -0.1) is 0 Å². The van der Waals surface area contributed by atoms with Crippen LogP contribution in [0, 0.1) is 18.6 Å². The summed E-state index contributed by atoms with van der Waals surface area (Å²) in [5.74, 6) is -0.690. The van der Waals surface area contributed by atoms with Gasteiger partial charge in [-0.25, -0.2) is 17.2 Å². The van der Waals surface area contributed by atoms with Gasteiger partial charge in [0.25, 0.3) is 0 Å². The molecule has 4 nitrogen and oxygen atoms in total. The van der Waals surface area contributed by atoms with E-state index in [0.29, 0.717) is 34.3 Å². The first-order valence-electron chi connectivity index (χ1n) is 9.42. The van der Waals surface area contributed by atoms with E-state index in [-0.39, 0.29) is 11.6 Å². The normalized spacial score (nSPS) is 12.8. The second-order valence-electron chi connectivity index (χ2n) is 7.72. The number of H-pyrrole nitrogens is 1. The number of rotatable bonds is 3. The first kappa shape index (κ1) is 18.8. The highest BCUT2D eigenvalue weighted by molar-refractivity contribution is 7.92. The van der Waals surface area contributed by atoms with Gasteiger partial charge in [0, 0.05) is 28.6 Å². The lowest BCUT2D eigenvalue weighted by atomic mass is 10.00. The number of benzene rings is 3. The molecule has 1 aliphatic rings. The van der Waals surface area contributed by atoms with Crippen molar-refractivity contribution in [3.63, 3.8) is 0 Å². The molecule has 152 valence electrons. The molecule has 0 amide bonds. The highest BCUT2D eigenvalue weighted by Crippen LogP contribution is 2.43. The summed E-state index contributed by atoms with van der Waals surface area (Å²) in [4.78, 5) is 3.22. The predicted octanol–water partition coefficient (Wildman–Crippen LogP) is 5.36. The molecule has 1 aromatic heterocycles. The number of halogens is 2. The zero-order valence-electron chi connectivity index (χ0n) is 16.3. The number of aromatic nitrogens is 1. The standard InChI is InChI=1S/C23H18F2N2O2S/c1-12-9-13(3-8-20(12)24)16-6-7-18-19-11-14-10-15(27-30(2,28)29)4-5-17(14)22(19)26-23(18)21(16)25/h3-10,26-27H,11H2,1-2H3. The maximum absolute atomic E-state index is 15.4. The van der Waals surface area contributed by atoms with Crippen LogP contribution in [0.2, 0.25) is 0 Å². The SMILES string of the molecule is Cc1cc(-c2ccc3c4c([nH]c3c2F)-c2ccc(NS(C)(=O)=O)cc2C4)ccc1F. The molecule has 0 aliphatic heterocycles. The Morgan fingerprint density at radius 2 is 1.77 bits per heavy atom. The summed E-state index contributed by atoms with van der Waals surface area (Å²) < 4.78 is 54.4. The van der Waals surface area contributed by atoms with E-state index in [0.717, 1.165) is 34.0 Å². The Kier molecular flexibility index (Phi) is 4.02. The molecule has 0 fully saturated rings. The van der Waals surface area contributed by atoms with E-state index in [1.54, 1.807) is 31.2 Å². The van der Waals surface area contributed by atoms with Crippen molar-refractivity contribution in [3.05, 3.63) is 76.9 Å². The molecule has 2 N–H and O–H groups in total. The van der Waals surface area contributed by atoms with Gasteiger partial charge in [0.15, 0.2) is 5.82 Å². The van der Waals surface area contributed by atoms with Crippen LogP contribution in [0.1, 0.15) is 16.7 Å². The third kappa shape index (κ3) is 2.97. The van der Waals surface area contributed by atoms with Crippen molar-refractivity contribution < 1.29 is 17.2 Å². The Morgan fingerprint density at radius 3 is 2.50 bits per heavy atom. The van der Waals surface area contributed by atoms with Crippen LogP contribution in [0.15, 0.2) is 48.5 Å². The maximum Gasteiger partial charge on any atom is 0.229 e. The molecule has 4 aromatic rings. The smallest absolute Gasteiger partial charge is 0.229 e. The predicted molar refractivity (Wildman–Crippen MR) is 115 cm³/mol. The fourth-order valence-electron chi connectivity index (χ4n) is 4.19. The van der Waals surface area contributed by atoms with Gasteiger partial charge < -0.3 is 4.98 Å². The minimum atomic E-state index is -3.36. The third-order valence-corrected chi connectivity index (χ3v) is 6.14. The summed E-state index contributed by atoms with van der Waals surface area (Å²) in [6, 6.07) is 13.5. The lowest BCUT2D eigenvalue weighted by Crippen LogP contribution is -2.09. The average molecular weight is 424 g/mol. The molecule has 5 rings (SSSR count). The van der Waals surface area contributed by atoms with Crippen LogP contribution in [0.4, 0.5) is 14.5 Å². The van der Waals surface area contributed by atoms with E-state index in [1.165, 1.54) is 6.07 Å². The number of nitrogens with one attached hydrogen (secondary N) is 2. The van der Waals surface area contributed by atoms with Crippen molar-refractivity contribution >= 4 is 26.6 Å². The van der Waals surface area contributed by atoms with E-state index in [1.807, 2.05) is 18.2 Å². The van der Waals surface area contributed by atoms with Gasteiger partial charge in [0.2, 0.25) is 10.0 Å². The van der Waals surface area contributed by atoms with Gasteiger partial charge in [-0.1, -0.05) is 24.3 Å². The topological polar surface area (TPSA) is 62.0 Å². The van der Waals surface area contributed by atoms with Crippen molar-refractivity contribution in [3.8, 4) is 22.4 Å². The van der Waals surface area contributed by atoms with Crippen LogP contribution >= 0.6 is 0 Å². The number of hydrogen-bond acceptors (Lipinski definition) is 2. The molecule has 3 aromatic carbocycles. The monoisotopic (exact) mass is 424 g/mol. The van der Waals surface area contributed by atoms with Crippen molar-refractivity contribution in [1.29, 1.82) is 0 Å². The molecule has 0 spiro atoms. The van der Waals surface area contributed by atoms with Crippen molar-refractivity contribution in [2.24, 2.45) is 0 Å². The maximum atomic E-state index is 15.4. The van der Waals surface area contributed by atoms with Crippen LogP contribution in [-0.2, 0) is 16.4 Å². The van der Waals surface area contributed by atoms with Crippen molar-refractivity contribution in [2.75, 3.05) is 11.0 Å². The Labute approximate surface area is 172 Å². The molecule has 0 atom stereocenters. The number of sulfonamides is 1. The molecule has 1 aliphatic carbocycles. The van der Waals surface area contributed by atoms with E-state index in [9.17, 15) is 12.8 Å². The highest BCUT2D eigenvalue weighted by Gasteiger charge is 2.25. The molecule has 7 heteroatoms. The Bertz CT molecular complexity index is 1460. The molecule has 30 heavy (non-hydrogen) atoms. The second-order valence-corrected chi connectivity index (χ2v) is 9.46. The van der Waals surface area contributed by atoms with Crippen LogP contribution in [0.5, 0.6) is 0 Å². The van der Waals surface area contributed by atoms with Gasteiger partial charge in [-0.2, -0.15) is 0 Å². The average Bonchev–Trinajstić information content (AvgIpc) is 3.19. The summed E-state index contributed by atoms with van der Waals surface area (Å²) in [7, 11) is -3.36. The summed E-state index contributed by atoms with van der Waals surface area (Å²) in [6.07, 6.45) is 1.69.